The molecule has 1 heterocycles. The number of anilines is 1. The predicted molar refractivity (Wildman–Crippen MR) is 129 cm³/mol. The Morgan fingerprint density at radius 2 is 1.84 bits per heavy atom. The highest BCUT2D eigenvalue weighted by molar-refractivity contribution is 9.10. The molecule has 168 valence electrons. The molecular weight excluding hydrogens is 520 g/mol. The molecule has 10 heteroatoms. The molecule has 0 atom stereocenters. The highest BCUT2D eigenvalue weighted by Crippen LogP contribution is 2.39. The molecule has 1 saturated heterocycles. The largest absolute Gasteiger partial charge is 0.490 e. The van der Waals surface area contributed by atoms with Gasteiger partial charge in [-0.25, -0.2) is 0 Å². The standard InChI is InChI=1S/C22H20BrClN2O5S/c1-3-30-17-10-13(9-16(23)20(17)31-4-2)11-18-21(28)26(22(29)32-18)12-19(27)25-15-7-5-14(24)6-8-15/h5-11H,3-4,12H2,1-2H3,(H,25,27)/b18-11+. The van der Waals surface area contributed by atoms with Crippen LogP contribution in [0.5, 0.6) is 11.5 Å². The van der Waals surface area contributed by atoms with Crippen molar-refractivity contribution in [3.63, 3.8) is 0 Å². The number of thioether (sulfide) groups is 1. The molecular formula is C22H20BrClN2O5S. The van der Waals surface area contributed by atoms with Crippen LogP contribution in [0.25, 0.3) is 6.08 Å². The fourth-order valence-corrected chi connectivity index (χ4v) is 4.42. The molecule has 0 unspecified atom stereocenters. The van der Waals surface area contributed by atoms with Crippen LogP contribution in [0, 0.1) is 0 Å². The van der Waals surface area contributed by atoms with E-state index in [0.717, 1.165) is 16.7 Å². The lowest BCUT2D eigenvalue weighted by atomic mass is 10.2. The number of carbonyl (C=O) groups is 3. The number of imide groups is 1. The Labute approximate surface area is 203 Å². The Bertz CT molecular complexity index is 1070. The molecule has 0 radical (unpaired) electrons. The third-order valence-corrected chi connectivity index (χ3v) is 5.97. The van der Waals surface area contributed by atoms with Gasteiger partial charge in [0.25, 0.3) is 11.1 Å². The molecule has 32 heavy (non-hydrogen) atoms. The van der Waals surface area contributed by atoms with E-state index in [9.17, 15) is 14.4 Å². The van der Waals surface area contributed by atoms with Gasteiger partial charge < -0.3 is 14.8 Å². The molecule has 2 aromatic carbocycles. The summed E-state index contributed by atoms with van der Waals surface area (Å²) in [5.41, 5.74) is 1.17. The van der Waals surface area contributed by atoms with Gasteiger partial charge in [0, 0.05) is 10.7 Å². The quantitative estimate of drug-likeness (QED) is 0.441. The second-order valence-electron chi connectivity index (χ2n) is 6.52. The minimum atomic E-state index is -0.533. The highest BCUT2D eigenvalue weighted by Gasteiger charge is 2.36. The molecule has 0 aliphatic carbocycles. The van der Waals surface area contributed by atoms with Gasteiger partial charge in [0.05, 0.1) is 22.6 Å². The number of nitrogens with zero attached hydrogens (tertiary/aromatic N) is 1. The van der Waals surface area contributed by atoms with Crippen molar-refractivity contribution < 1.29 is 23.9 Å². The summed E-state index contributed by atoms with van der Waals surface area (Å²) in [4.78, 5) is 38.6. The Hall–Kier alpha value is -2.49. The van der Waals surface area contributed by atoms with E-state index in [1.807, 2.05) is 13.8 Å². The lowest BCUT2D eigenvalue weighted by Gasteiger charge is -2.14. The maximum atomic E-state index is 12.8. The van der Waals surface area contributed by atoms with Gasteiger partial charge in [-0.05, 0) is 89.6 Å². The van der Waals surface area contributed by atoms with Crippen molar-refractivity contribution >= 4 is 68.1 Å². The van der Waals surface area contributed by atoms with E-state index in [-0.39, 0.29) is 11.4 Å². The SMILES string of the molecule is CCOc1cc(/C=C2/SC(=O)N(CC(=O)Nc3ccc(Cl)cc3)C2=O)cc(Br)c1OCC. The Morgan fingerprint density at radius 1 is 1.16 bits per heavy atom. The number of nitrogens with one attached hydrogen (secondary N) is 1. The highest BCUT2D eigenvalue weighted by atomic mass is 79.9. The third-order valence-electron chi connectivity index (χ3n) is 4.22. The third kappa shape index (κ3) is 5.85. The van der Waals surface area contributed by atoms with Crippen molar-refractivity contribution in [2.24, 2.45) is 0 Å². The van der Waals surface area contributed by atoms with Crippen LogP contribution in [0.3, 0.4) is 0 Å². The monoisotopic (exact) mass is 538 g/mol. The normalized spacial score (nSPS) is 14.8. The van der Waals surface area contributed by atoms with Crippen LogP contribution in [0.15, 0.2) is 45.8 Å². The maximum absolute atomic E-state index is 12.8. The first kappa shape index (κ1) is 24.2. The first-order valence-electron chi connectivity index (χ1n) is 9.72. The van der Waals surface area contributed by atoms with Crippen molar-refractivity contribution in [3.8, 4) is 11.5 Å². The summed E-state index contributed by atoms with van der Waals surface area (Å²) in [5.74, 6) is 0.0718. The molecule has 7 nitrogen and oxygen atoms in total. The van der Waals surface area contributed by atoms with Gasteiger partial charge in [-0.2, -0.15) is 0 Å². The van der Waals surface area contributed by atoms with Crippen molar-refractivity contribution in [1.82, 2.24) is 4.90 Å². The molecule has 0 bridgehead atoms. The van der Waals surface area contributed by atoms with Crippen LogP contribution >= 0.6 is 39.3 Å². The molecule has 3 rings (SSSR count). The van der Waals surface area contributed by atoms with Crippen molar-refractivity contribution in [2.45, 2.75) is 13.8 Å². The minimum absolute atomic E-state index is 0.216. The van der Waals surface area contributed by atoms with E-state index in [4.69, 9.17) is 21.1 Å². The fourth-order valence-electron chi connectivity index (χ4n) is 2.88. The summed E-state index contributed by atoms with van der Waals surface area (Å²) in [7, 11) is 0. The number of halogens is 2. The van der Waals surface area contributed by atoms with E-state index in [2.05, 4.69) is 21.2 Å². The predicted octanol–water partition coefficient (Wildman–Crippen LogP) is 5.57. The maximum Gasteiger partial charge on any atom is 0.294 e. The number of amides is 3. The average molecular weight is 540 g/mol. The van der Waals surface area contributed by atoms with Gasteiger partial charge in [-0.1, -0.05) is 11.6 Å². The summed E-state index contributed by atoms with van der Waals surface area (Å²) >= 11 is 10.1. The zero-order chi connectivity index (χ0) is 23.3. The van der Waals surface area contributed by atoms with Crippen LogP contribution in [-0.4, -0.2) is 41.7 Å². The summed E-state index contributed by atoms with van der Waals surface area (Å²) in [5, 5.41) is 2.66. The Balaban J connectivity index is 1.76. The van der Waals surface area contributed by atoms with Crippen molar-refractivity contribution in [3.05, 3.63) is 56.4 Å². The van der Waals surface area contributed by atoms with Gasteiger partial charge >= 0.3 is 0 Å². The molecule has 0 saturated carbocycles. The summed E-state index contributed by atoms with van der Waals surface area (Å²) < 4.78 is 11.9. The molecule has 0 spiro atoms. The summed E-state index contributed by atoms with van der Waals surface area (Å²) in [6, 6.07) is 10.0. The van der Waals surface area contributed by atoms with E-state index >= 15 is 0 Å². The van der Waals surface area contributed by atoms with Crippen LogP contribution in [0.2, 0.25) is 5.02 Å². The van der Waals surface area contributed by atoms with E-state index in [1.54, 1.807) is 42.5 Å². The number of benzene rings is 2. The second-order valence-corrected chi connectivity index (χ2v) is 8.80. The minimum Gasteiger partial charge on any atom is -0.490 e. The van der Waals surface area contributed by atoms with Gasteiger partial charge in [0.1, 0.15) is 6.54 Å². The fraction of sp³-hybridized carbons (Fsp3) is 0.227. The molecule has 1 fully saturated rings. The number of ether oxygens (including phenoxy) is 2. The number of hydrogen-bond donors (Lipinski definition) is 1. The van der Waals surface area contributed by atoms with Gasteiger partial charge in [-0.15, -0.1) is 0 Å². The first-order chi connectivity index (χ1) is 15.3. The zero-order valence-corrected chi connectivity index (χ0v) is 20.5. The van der Waals surface area contributed by atoms with Crippen LogP contribution < -0.4 is 14.8 Å². The number of rotatable bonds is 8. The first-order valence-corrected chi connectivity index (χ1v) is 11.7. The van der Waals surface area contributed by atoms with Gasteiger partial charge in [0.2, 0.25) is 5.91 Å². The van der Waals surface area contributed by atoms with Crippen LogP contribution in [-0.2, 0) is 9.59 Å². The average Bonchev–Trinajstić information content (AvgIpc) is 3.00. The summed E-state index contributed by atoms with van der Waals surface area (Å²) in [6.45, 7) is 4.25. The van der Waals surface area contributed by atoms with Gasteiger partial charge in [-0.3, -0.25) is 19.3 Å². The van der Waals surface area contributed by atoms with Crippen LogP contribution in [0.4, 0.5) is 10.5 Å². The zero-order valence-electron chi connectivity index (χ0n) is 17.3. The van der Waals surface area contributed by atoms with Gasteiger partial charge in [0.15, 0.2) is 11.5 Å². The molecule has 1 aliphatic rings. The Kier molecular flexibility index (Phi) is 8.22. The number of hydrogen-bond acceptors (Lipinski definition) is 6. The molecule has 1 N–H and O–H groups in total. The molecule has 3 amide bonds. The van der Waals surface area contributed by atoms with E-state index in [0.29, 0.717) is 45.5 Å². The van der Waals surface area contributed by atoms with Crippen LogP contribution in [0.1, 0.15) is 19.4 Å². The van der Waals surface area contributed by atoms with E-state index in [1.165, 1.54) is 0 Å². The molecule has 2 aromatic rings. The molecule has 1 aliphatic heterocycles. The second kappa shape index (κ2) is 10.9. The smallest absolute Gasteiger partial charge is 0.294 e. The summed E-state index contributed by atoms with van der Waals surface area (Å²) in [6.07, 6.45) is 1.59. The lowest BCUT2D eigenvalue weighted by molar-refractivity contribution is -0.127. The topological polar surface area (TPSA) is 84.9 Å². The number of carbonyl (C=O) groups excluding carboxylic acids is 3. The Morgan fingerprint density at radius 3 is 2.50 bits per heavy atom. The van der Waals surface area contributed by atoms with Crippen molar-refractivity contribution in [2.75, 3.05) is 25.1 Å². The van der Waals surface area contributed by atoms with Crippen molar-refractivity contribution in [1.29, 1.82) is 0 Å². The lowest BCUT2D eigenvalue weighted by Crippen LogP contribution is -2.36. The van der Waals surface area contributed by atoms with E-state index < -0.39 is 17.1 Å². The molecule has 0 aromatic heterocycles.